The number of rotatable bonds is 1. The van der Waals surface area contributed by atoms with Crippen LogP contribution in [0.2, 0.25) is 0 Å². The summed E-state index contributed by atoms with van der Waals surface area (Å²) in [6.45, 7) is 0.0144. The van der Waals surface area contributed by atoms with Gasteiger partial charge in [-0.1, -0.05) is 0 Å². The quantitative estimate of drug-likeness (QED) is 0.494. The molecule has 0 saturated carbocycles. The van der Waals surface area contributed by atoms with Crippen LogP contribution in [0.4, 0.5) is 0 Å². The predicted molar refractivity (Wildman–Crippen MR) is 28.7 cm³/mol. The van der Waals surface area contributed by atoms with Gasteiger partial charge in [-0.3, -0.25) is 4.52 Å². The van der Waals surface area contributed by atoms with Crippen LogP contribution >= 0.6 is 7.82 Å². The highest BCUT2D eigenvalue weighted by Crippen LogP contribution is 2.72. The Balaban J connectivity index is 2.24. The molecular formula is C3H6NO5P. The SMILES string of the molecule is NCC1OP2(=O)OC1(O)O2. The largest absolute Gasteiger partial charge is 0.484 e. The normalized spacial score (nSPS) is 58.4. The lowest BCUT2D eigenvalue weighted by atomic mass is 10.3. The van der Waals surface area contributed by atoms with Gasteiger partial charge in [0.2, 0.25) is 0 Å². The maximum Gasteiger partial charge on any atom is 0.484 e. The molecule has 0 spiro atoms. The first-order valence-electron chi connectivity index (χ1n) is 2.70. The van der Waals surface area contributed by atoms with Crippen LogP contribution in [0.1, 0.15) is 0 Å². The summed E-state index contributed by atoms with van der Waals surface area (Å²) in [5.41, 5.74) is 5.13. The van der Waals surface area contributed by atoms with E-state index in [2.05, 4.69) is 13.6 Å². The van der Waals surface area contributed by atoms with E-state index in [-0.39, 0.29) is 6.54 Å². The molecule has 58 valence electrons. The number of hydrogen-bond donors (Lipinski definition) is 2. The van der Waals surface area contributed by atoms with E-state index in [1.807, 2.05) is 0 Å². The molecule has 3 aliphatic rings. The molecule has 0 amide bonds. The molecule has 3 rings (SSSR count). The van der Waals surface area contributed by atoms with Crippen molar-refractivity contribution in [2.45, 2.75) is 12.1 Å². The highest BCUT2D eigenvalue weighted by atomic mass is 31.2. The molecule has 7 heteroatoms. The lowest BCUT2D eigenvalue weighted by Gasteiger charge is -2.29. The van der Waals surface area contributed by atoms with Gasteiger partial charge in [0.15, 0.2) is 6.10 Å². The van der Waals surface area contributed by atoms with Gasteiger partial charge >= 0.3 is 13.8 Å². The summed E-state index contributed by atoms with van der Waals surface area (Å²) in [5, 5.41) is 9.06. The van der Waals surface area contributed by atoms with Crippen molar-refractivity contribution in [2.24, 2.45) is 5.73 Å². The summed E-state index contributed by atoms with van der Waals surface area (Å²) in [6, 6.07) is 0. The van der Waals surface area contributed by atoms with Gasteiger partial charge in [0.25, 0.3) is 0 Å². The second kappa shape index (κ2) is 1.61. The van der Waals surface area contributed by atoms with E-state index in [1.165, 1.54) is 0 Å². The van der Waals surface area contributed by atoms with Crippen LogP contribution in [0.3, 0.4) is 0 Å². The molecule has 3 saturated heterocycles. The van der Waals surface area contributed by atoms with Crippen molar-refractivity contribution >= 4 is 7.82 Å². The van der Waals surface area contributed by atoms with Gasteiger partial charge in [-0.15, -0.1) is 0 Å². The number of phosphoric acid groups is 1. The maximum absolute atomic E-state index is 10.8. The standard InChI is InChI=1S/C3H6NO5P/c4-1-2-3(5)8-10(6,7-2)9-3/h2,5H,1,4H2. The maximum atomic E-state index is 10.8. The van der Waals surface area contributed by atoms with E-state index < -0.39 is 19.9 Å². The molecule has 3 heterocycles. The van der Waals surface area contributed by atoms with E-state index in [0.29, 0.717) is 0 Å². The molecule has 3 N–H and O–H groups in total. The van der Waals surface area contributed by atoms with Crippen molar-refractivity contribution < 1.29 is 23.2 Å². The summed E-state index contributed by atoms with van der Waals surface area (Å²) in [7, 11) is -3.37. The van der Waals surface area contributed by atoms with Crippen LogP contribution in [0.5, 0.6) is 0 Å². The summed E-state index contributed by atoms with van der Waals surface area (Å²) in [4.78, 5) is 0. The first-order valence-corrected chi connectivity index (χ1v) is 4.16. The molecule has 0 radical (unpaired) electrons. The lowest BCUT2D eigenvalue weighted by molar-refractivity contribution is -0.322. The minimum Gasteiger partial charge on any atom is -0.340 e. The van der Waals surface area contributed by atoms with E-state index in [1.54, 1.807) is 0 Å². The second-order valence-corrected chi connectivity index (χ2v) is 3.56. The molecule has 0 aromatic rings. The monoisotopic (exact) mass is 167 g/mol. The van der Waals surface area contributed by atoms with E-state index in [0.717, 1.165) is 0 Å². The molecule has 3 aliphatic heterocycles. The zero-order valence-corrected chi connectivity index (χ0v) is 5.78. The molecule has 2 bridgehead atoms. The van der Waals surface area contributed by atoms with Crippen molar-refractivity contribution in [1.29, 1.82) is 0 Å². The molecule has 3 fully saturated rings. The van der Waals surface area contributed by atoms with Crippen LogP contribution in [-0.4, -0.2) is 23.7 Å². The fourth-order valence-corrected chi connectivity index (χ4v) is 2.41. The third kappa shape index (κ3) is 0.633. The topological polar surface area (TPSA) is 91.0 Å². The Kier molecular flexibility index (Phi) is 1.08. The number of nitrogens with two attached hydrogens (primary N) is 1. The summed E-state index contributed by atoms with van der Waals surface area (Å²) >= 11 is 0. The van der Waals surface area contributed by atoms with Crippen molar-refractivity contribution in [1.82, 2.24) is 0 Å². The van der Waals surface area contributed by atoms with Crippen LogP contribution in [-0.2, 0) is 18.1 Å². The first kappa shape index (κ1) is 6.72. The third-order valence-electron chi connectivity index (χ3n) is 1.36. The van der Waals surface area contributed by atoms with Crippen molar-refractivity contribution in [3.63, 3.8) is 0 Å². The fraction of sp³-hybridized carbons (Fsp3) is 1.00. The van der Waals surface area contributed by atoms with Gasteiger partial charge in [-0.25, -0.2) is 13.6 Å². The highest BCUT2D eigenvalue weighted by molar-refractivity contribution is 7.50. The second-order valence-electron chi connectivity index (χ2n) is 2.09. The van der Waals surface area contributed by atoms with Crippen LogP contribution in [0, 0.1) is 0 Å². The molecule has 0 aromatic carbocycles. The summed E-state index contributed by atoms with van der Waals surface area (Å²) in [5.74, 6) is -1.84. The molecular weight excluding hydrogens is 161 g/mol. The minimum atomic E-state index is -3.37. The van der Waals surface area contributed by atoms with Crippen LogP contribution in [0.25, 0.3) is 0 Å². The van der Waals surface area contributed by atoms with Crippen LogP contribution < -0.4 is 5.73 Å². The van der Waals surface area contributed by atoms with E-state index >= 15 is 0 Å². The van der Waals surface area contributed by atoms with E-state index in [9.17, 15) is 4.57 Å². The summed E-state index contributed by atoms with van der Waals surface area (Å²) < 4.78 is 24.2. The Morgan fingerprint density at radius 1 is 1.70 bits per heavy atom. The zero-order chi connectivity index (χ0) is 7.41. The molecule has 0 aliphatic carbocycles. The van der Waals surface area contributed by atoms with Crippen LogP contribution in [0.15, 0.2) is 0 Å². The Labute approximate surface area is 56.5 Å². The van der Waals surface area contributed by atoms with Gasteiger partial charge in [-0.2, -0.15) is 0 Å². The molecule has 6 nitrogen and oxygen atoms in total. The minimum absolute atomic E-state index is 0.0144. The summed E-state index contributed by atoms with van der Waals surface area (Å²) in [6.07, 6.45) is -0.821. The average molecular weight is 167 g/mol. The number of phosphoric ester groups is 1. The lowest BCUT2D eigenvalue weighted by Crippen LogP contribution is -2.46. The number of aliphatic hydroxyl groups is 1. The Bertz CT molecular complexity index is 207. The van der Waals surface area contributed by atoms with Crippen molar-refractivity contribution in [3.05, 3.63) is 0 Å². The Morgan fingerprint density at radius 2 is 2.30 bits per heavy atom. The zero-order valence-electron chi connectivity index (χ0n) is 4.89. The molecule has 0 aromatic heterocycles. The van der Waals surface area contributed by atoms with E-state index in [4.69, 9.17) is 10.8 Å². The Morgan fingerprint density at radius 3 is 2.50 bits per heavy atom. The van der Waals surface area contributed by atoms with Crippen molar-refractivity contribution in [3.8, 4) is 0 Å². The molecule has 1 atom stereocenters. The van der Waals surface area contributed by atoms with Gasteiger partial charge in [0.1, 0.15) is 0 Å². The number of fused-ring (bicyclic) bond motifs is 1. The smallest absolute Gasteiger partial charge is 0.340 e. The van der Waals surface area contributed by atoms with Gasteiger partial charge in [-0.05, 0) is 0 Å². The fourth-order valence-electron chi connectivity index (χ4n) is 0.902. The number of hydrogen-bond acceptors (Lipinski definition) is 6. The van der Waals surface area contributed by atoms with Gasteiger partial charge in [0.05, 0.1) is 0 Å². The van der Waals surface area contributed by atoms with Crippen molar-refractivity contribution in [2.75, 3.05) is 6.54 Å². The molecule has 10 heavy (non-hydrogen) atoms. The highest BCUT2D eigenvalue weighted by Gasteiger charge is 2.70. The predicted octanol–water partition coefficient (Wildman–Crippen LogP) is -0.855. The molecule has 1 unspecified atom stereocenters. The Hall–Kier alpha value is 0.0300. The average Bonchev–Trinajstić information content (AvgIpc) is 2.13. The van der Waals surface area contributed by atoms with Gasteiger partial charge < -0.3 is 10.8 Å². The first-order chi connectivity index (χ1) is 4.58. The third-order valence-corrected chi connectivity index (χ3v) is 2.85. The van der Waals surface area contributed by atoms with Gasteiger partial charge in [0, 0.05) is 6.54 Å².